The number of fused-ring (bicyclic) bond motifs is 4. The minimum Gasteiger partial charge on any atom is -0.304 e. The molecule has 2 atom stereocenters. The maximum absolute atomic E-state index is 13.1. The lowest BCUT2D eigenvalue weighted by molar-refractivity contribution is -0.118. The molecule has 2 aliphatic heterocycles. The van der Waals surface area contributed by atoms with Gasteiger partial charge in [-0.25, -0.2) is 14.6 Å². The van der Waals surface area contributed by atoms with Gasteiger partial charge in [0, 0.05) is 23.7 Å². The molecule has 156 valence electrons. The molecule has 5 rings (SSSR count). The number of thiazole rings is 1. The Hall–Kier alpha value is -3.25. The summed E-state index contributed by atoms with van der Waals surface area (Å²) in [5, 5.41) is 12.4. The molecule has 0 N–H and O–H groups in total. The van der Waals surface area contributed by atoms with Crippen LogP contribution in [0.5, 0.6) is 0 Å². The van der Waals surface area contributed by atoms with Crippen LogP contribution >= 0.6 is 11.3 Å². The molecule has 3 aromatic rings. The van der Waals surface area contributed by atoms with Crippen LogP contribution < -0.4 is 5.76 Å². The van der Waals surface area contributed by atoms with Gasteiger partial charge >= 0.3 is 11.8 Å². The zero-order chi connectivity index (χ0) is 21.0. The van der Waals surface area contributed by atoms with Crippen molar-refractivity contribution in [1.82, 2.24) is 34.5 Å². The SMILES string of the molecule is C=CCON1C(=O)N2C[C@H]1c1cnn(C)c1[C@H]2c1noc(=O)n1Cc1nc(C)cs1. The van der Waals surface area contributed by atoms with Crippen molar-refractivity contribution in [3.05, 3.63) is 62.6 Å². The summed E-state index contributed by atoms with van der Waals surface area (Å²) in [5.41, 5.74) is 2.49. The smallest absolute Gasteiger partial charge is 0.304 e. The van der Waals surface area contributed by atoms with Crippen molar-refractivity contribution in [2.24, 2.45) is 7.05 Å². The second-order valence-electron chi connectivity index (χ2n) is 7.15. The zero-order valence-corrected chi connectivity index (χ0v) is 17.2. The molecule has 12 heteroatoms. The molecule has 1 saturated heterocycles. The van der Waals surface area contributed by atoms with E-state index >= 15 is 0 Å². The number of nitrogens with zero attached hydrogens (tertiary/aromatic N) is 7. The van der Waals surface area contributed by atoms with Gasteiger partial charge in [-0.1, -0.05) is 11.2 Å². The van der Waals surface area contributed by atoms with Gasteiger partial charge in [-0.05, 0) is 6.92 Å². The summed E-state index contributed by atoms with van der Waals surface area (Å²) in [6.45, 7) is 6.33. The summed E-state index contributed by atoms with van der Waals surface area (Å²) in [4.78, 5) is 37.3. The molecule has 2 aliphatic rings. The summed E-state index contributed by atoms with van der Waals surface area (Å²) < 4.78 is 8.11. The Kier molecular flexibility index (Phi) is 4.33. The Labute approximate surface area is 174 Å². The predicted molar refractivity (Wildman–Crippen MR) is 105 cm³/mol. The highest BCUT2D eigenvalue weighted by atomic mass is 32.1. The first-order chi connectivity index (χ1) is 14.5. The maximum Gasteiger partial charge on any atom is 0.442 e. The molecule has 2 bridgehead atoms. The van der Waals surface area contributed by atoms with Crippen molar-refractivity contribution in [1.29, 1.82) is 0 Å². The largest absolute Gasteiger partial charge is 0.442 e. The highest BCUT2D eigenvalue weighted by Gasteiger charge is 2.52. The molecular weight excluding hydrogens is 410 g/mol. The van der Waals surface area contributed by atoms with Gasteiger partial charge < -0.3 is 4.90 Å². The van der Waals surface area contributed by atoms with E-state index in [1.165, 1.54) is 21.0 Å². The molecule has 0 radical (unpaired) electrons. The Balaban J connectivity index is 1.60. The van der Waals surface area contributed by atoms with Gasteiger partial charge in [0.25, 0.3) is 0 Å². The van der Waals surface area contributed by atoms with E-state index in [0.29, 0.717) is 12.4 Å². The minimum absolute atomic E-state index is 0.203. The number of hydrogen-bond donors (Lipinski definition) is 0. The normalized spacial score (nSPS) is 20.1. The molecule has 0 unspecified atom stereocenters. The van der Waals surface area contributed by atoms with Crippen LogP contribution in [0.15, 0.2) is 33.5 Å². The van der Waals surface area contributed by atoms with E-state index in [-0.39, 0.29) is 25.2 Å². The highest BCUT2D eigenvalue weighted by Crippen LogP contribution is 2.45. The fourth-order valence-corrected chi connectivity index (χ4v) is 4.77. The van der Waals surface area contributed by atoms with Crippen molar-refractivity contribution in [2.75, 3.05) is 13.2 Å². The number of amides is 2. The molecule has 2 amide bonds. The summed E-state index contributed by atoms with van der Waals surface area (Å²) in [7, 11) is 1.80. The van der Waals surface area contributed by atoms with E-state index in [4.69, 9.17) is 9.36 Å². The number of hydroxylamine groups is 2. The van der Waals surface area contributed by atoms with Crippen molar-refractivity contribution in [3.8, 4) is 0 Å². The van der Waals surface area contributed by atoms with Crippen LogP contribution in [0.2, 0.25) is 0 Å². The van der Waals surface area contributed by atoms with Gasteiger partial charge in [-0.2, -0.15) is 10.2 Å². The van der Waals surface area contributed by atoms with Crippen molar-refractivity contribution in [3.63, 3.8) is 0 Å². The fourth-order valence-electron chi connectivity index (χ4n) is 4.01. The van der Waals surface area contributed by atoms with Crippen LogP contribution in [0.4, 0.5) is 4.79 Å². The molecule has 11 nitrogen and oxygen atoms in total. The molecule has 30 heavy (non-hydrogen) atoms. The first kappa shape index (κ1) is 18.8. The Bertz CT molecular complexity index is 1190. The van der Waals surface area contributed by atoms with Gasteiger partial charge in [0.15, 0.2) is 5.82 Å². The first-order valence-electron chi connectivity index (χ1n) is 9.32. The van der Waals surface area contributed by atoms with Gasteiger partial charge in [0.2, 0.25) is 0 Å². The molecule has 5 heterocycles. The topological polar surface area (TPSA) is 112 Å². The molecule has 3 aromatic heterocycles. The van der Waals surface area contributed by atoms with Gasteiger partial charge in [-0.15, -0.1) is 17.9 Å². The van der Waals surface area contributed by atoms with Crippen LogP contribution in [0.1, 0.15) is 39.9 Å². The quantitative estimate of drug-likeness (QED) is 0.544. The van der Waals surface area contributed by atoms with Crippen molar-refractivity contribution >= 4 is 17.4 Å². The molecule has 0 aliphatic carbocycles. The monoisotopic (exact) mass is 429 g/mol. The molecule has 0 aromatic carbocycles. The van der Waals surface area contributed by atoms with E-state index in [1.54, 1.807) is 28.9 Å². The number of hydrogen-bond acceptors (Lipinski definition) is 8. The lowest BCUT2D eigenvalue weighted by Crippen LogP contribution is -2.38. The third-order valence-electron chi connectivity index (χ3n) is 5.28. The Morgan fingerprint density at radius 3 is 3.00 bits per heavy atom. The summed E-state index contributed by atoms with van der Waals surface area (Å²) in [5.74, 6) is -0.273. The Morgan fingerprint density at radius 1 is 1.43 bits per heavy atom. The van der Waals surface area contributed by atoms with E-state index in [9.17, 15) is 9.59 Å². The summed E-state index contributed by atoms with van der Waals surface area (Å²) >= 11 is 1.45. The first-order valence-corrected chi connectivity index (χ1v) is 10.2. The lowest BCUT2D eigenvalue weighted by atomic mass is 9.97. The third kappa shape index (κ3) is 2.71. The molecule has 0 spiro atoms. The number of aromatic nitrogens is 5. The van der Waals surface area contributed by atoms with Gasteiger partial charge in [0.05, 0.1) is 31.6 Å². The average Bonchev–Trinajstić information content (AvgIpc) is 3.47. The van der Waals surface area contributed by atoms with Gasteiger partial charge in [0.1, 0.15) is 17.1 Å². The van der Waals surface area contributed by atoms with E-state index in [2.05, 4.69) is 21.8 Å². The zero-order valence-electron chi connectivity index (χ0n) is 16.4. The molecular formula is C18H19N7O4S. The number of carbonyl (C=O) groups excluding carboxylic acids is 1. The molecule has 1 fully saturated rings. The number of rotatable bonds is 6. The van der Waals surface area contributed by atoms with Crippen LogP contribution in [-0.2, 0) is 18.4 Å². The summed E-state index contributed by atoms with van der Waals surface area (Å²) in [6.07, 6.45) is 3.30. The van der Waals surface area contributed by atoms with E-state index in [0.717, 1.165) is 22.0 Å². The number of carbonyl (C=O) groups is 1. The second-order valence-corrected chi connectivity index (χ2v) is 8.09. The third-order valence-corrected chi connectivity index (χ3v) is 6.23. The second kappa shape index (κ2) is 6.92. The highest BCUT2D eigenvalue weighted by molar-refractivity contribution is 7.09. The minimum atomic E-state index is -0.638. The lowest BCUT2D eigenvalue weighted by Gasteiger charge is -2.30. The van der Waals surface area contributed by atoms with Crippen LogP contribution in [-0.4, -0.2) is 53.6 Å². The average molecular weight is 429 g/mol. The van der Waals surface area contributed by atoms with Crippen molar-refractivity contribution < 1.29 is 14.2 Å². The van der Waals surface area contributed by atoms with Crippen LogP contribution in [0, 0.1) is 6.92 Å². The van der Waals surface area contributed by atoms with Crippen molar-refractivity contribution in [2.45, 2.75) is 25.6 Å². The number of urea groups is 1. The van der Waals surface area contributed by atoms with Crippen LogP contribution in [0.3, 0.4) is 0 Å². The van der Waals surface area contributed by atoms with Crippen LogP contribution in [0.25, 0.3) is 0 Å². The maximum atomic E-state index is 13.1. The fraction of sp³-hybridized carbons (Fsp3) is 0.389. The van der Waals surface area contributed by atoms with Gasteiger partial charge in [-0.3, -0.25) is 18.6 Å². The van der Waals surface area contributed by atoms with E-state index in [1.807, 2.05) is 12.3 Å². The standard InChI is InChI=1S/C18H19N7O4S/c1-4-5-28-25-12-7-23(17(25)26)15(14-11(12)6-19-22(14)3)16-21-29-18(27)24(16)8-13-20-10(2)9-30-13/h4,6,9,12,15H,1,5,7-8H2,2-3H3/t12-,15-/m0/s1. The molecule has 0 saturated carbocycles. The Morgan fingerprint density at radius 2 is 2.27 bits per heavy atom. The van der Waals surface area contributed by atoms with E-state index < -0.39 is 11.8 Å². The predicted octanol–water partition coefficient (Wildman–Crippen LogP) is 1.38. The number of aryl methyl sites for hydroxylation is 2. The summed E-state index contributed by atoms with van der Waals surface area (Å²) in [6, 6.07) is -1.25.